The first-order valence-electron chi connectivity index (χ1n) is 4.17. The molecule has 1 aromatic carbocycles. The van der Waals surface area contributed by atoms with Crippen LogP contribution in [0.5, 0.6) is 0 Å². The van der Waals surface area contributed by atoms with E-state index in [1.54, 1.807) is 0 Å². The molecule has 0 spiro atoms. The summed E-state index contributed by atoms with van der Waals surface area (Å²) in [4.78, 5) is 10.9. The Balaban J connectivity index is 2.27. The van der Waals surface area contributed by atoms with Crippen LogP contribution in [-0.2, 0) is 4.79 Å². The van der Waals surface area contributed by atoms with E-state index in [1.165, 1.54) is 0 Å². The summed E-state index contributed by atoms with van der Waals surface area (Å²) in [6.07, 6.45) is 0. The minimum absolute atomic E-state index is 0.121. The molecule has 0 saturated heterocycles. The highest BCUT2D eigenvalue weighted by Gasteiger charge is 2.38. The van der Waals surface area contributed by atoms with Crippen LogP contribution in [-0.4, -0.2) is 5.24 Å². The molecule has 2 rings (SSSR count). The normalized spacial score (nSPS) is 20.3. The van der Waals surface area contributed by atoms with Crippen LogP contribution in [0.4, 0.5) is 0 Å². The molecular formula is C11H9ClO. The maximum Gasteiger partial charge on any atom is 0.233 e. The highest BCUT2D eigenvalue weighted by atomic mass is 35.5. The highest BCUT2D eigenvalue weighted by molar-refractivity contribution is 6.66. The number of carbonyl (C=O) groups excluding carboxylic acids is 1. The van der Waals surface area contributed by atoms with Gasteiger partial charge in [0.25, 0.3) is 0 Å². The van der Waals surface area contributed by atoms with E-state index in [2.05, 4.69) is 0 Å². The van der Waals surface area contributed by atoms with Gasteiger partial charge in [0.15, 0.2) is 0 Å². The van der Waals surface area contributed by atoms with Crippen molar-refractivity contribution in [3.8, 4) is 0 Å². The van der Waals surface area contributed by atoms with Gasteiger partial charge in [-0.3, -0.25) is 4.79 Å². The molecule has 1 atom stereocenters. The quantitative estimate of drug-likeness (QED) is 0.659. The highest BCUT2D eigenvalue weighted by Crippen LogP contribution is 2.47. The third kappa shape index (κ3) is 1.40. The second-order valence-corrected chi connectivity index (χ2v) is 3.57. The number of hydrogen-bond donors (Lipinski definition) is 0. The lowest BCUT2D eigenvalue weighted by Gasteiger charge is -1.94. The smallest absolute Gasteiger partial charge is 0.233 e. The van der Waals surface area contributed by atoms with Crippen molar-refractivity contribution in [3.63, 3.8) is 0 Å². The molecule has 0 amide bonds. The summed E-state index contributed by atoms with van der Waals surface area (Å²) in [5.74, 6) is -0.121. The van der Waals surface area contributed by atoms with Crippen molar-refractivity contribution in [2.24, 2.45) is 5.92 Å². The minimum atomic E-state index is -0.267. The molecule has 0 aliphatic heterocycles. The molecule has 0 unspecified atom stereocenters. The number of allylic oxidation sites excluding steroid dienone is 2. The Morgan fingerprint density at radius 1 is 1.31 bits per heavy atom. The summed E-state index contributed by atoms with van der Waals surface area (Å²) in [6.45, 7) is 1.95. The van der Waals surface area contributed by atoms with Gasteiger partial charge < -0.3 is 0 Å². The summed E-state index contributed by atoms with van der Waals surface area (Å²) in [5.41, 5.74) is 3.31. The van der Waals surface area contributed by atoms with Crippen LogP contribution in [0, 0.1) is 5.92 Å². The van der Waals surface area contributed by atoms with Crippen molar-refractivity contribution in [3.05, 3.63) is 41.5 Å². The molecule has 13 heavy (non-hydrogen) atoms. The Morgan fingerprint density at radius 2 is 1.92 bits per heavy atom. The molecule has 0 fully saturated rings. The SMILES string of the molecule is CC1=C(c2ccccc2)[C@H]1C(=O)Cl. The zero-order valence-corrected chi connectivity index (χ0v) is 8.01. The Kier molecular flexibility index (Phi) is 1.97. The Morgan fingerprint density at radius 3 is 2.38 bits per heavy atom. The van der Waals surface area contributed by atoms with Crippen LogP contribution in [0.25, 0.3) is 5.57 Å². The lowest BCUT2D eigenvalue weighted by atomic mass is 10.1. The third-order valence-corrected chi connectivity index (χ3v) is 2.59. The van der Waals surface area contributed by atoms with Crippen LogP contribution in [0.2, 0.25) is 0 Å². The largest absolute Gasteiger partial charge is 0.280 e. The lowest BCUT2D eigenvalue weighted by Crippen LogP contribution is -1.93. The van der Waals surface area contributed by atoms with Crippen LogP contribution >= 0.6 is 11.6 Å². The summed E-state index contributed by atoms with van der Waals surface area (Å²) in [6, 6.07) is 9.88. The Labute approximate surface area is 82.0 Å². The second-order valence-electron chi connectivity index (χ2n) is 3.20. The fourth-order valence-corrected chi connectivity index (χ4v) is 1.90. The molecule has 0 radical (unpaired) electrons. The van der Waals surface area contributed by atoms with Gasteiger partial charge in [0.05, 0.1) is 5.92 Å². The second kappa shape index (κ2) is 3.00. The molecule has 1 aliphatic rings. The molecule has 0 heterocycles. The van der Waals surface area contributed by atoms with Crippen molar-refractivity contribution < 1.29 is 4.79 Å². The average molecular weight is 193 g/mol. The van der Waals surface area contributed by atoms with Gasteiger partial charge in [-0.05, 0) is 29.7 Å². The zero-order valence-electron chi connectivity index (χ0n) is 7.25. The Bertz CT molecular complexity index is 378. The first kappa shape index (κ1) is 8.52. The van der Waals surface area contributed by atoms with E-state index < -0.39 is 0 Å². The number of carbonyl (C=O) groups is 1. The molecule has 0 bridgehead atoms. The van der Waals surface area contributed by atoms with E-state index in [0.717, 1.165) is 16.7 Å². The maximum absolute atomic E-state index is 10.9. The average Bonchev–Trinajstić information content (AvgIpc) is 2.79. The molecule has 1 aromatic rings. The Hall–Kier alpha value is -1.08. The minimum Gasteiger partial charge on any atom is -0.280 e. The summed E-state index contributed by atoms with van der Waals surface area (Å²) < 4.78 is 0. The van der Waals surface area contributed by atoms with Crippen molar-refractivity contribution in [2.75, 3.05) is 0 Å². The van der Waals surface area contributed by atoms with Gasteiger partial charge >= 0.3 is 0 Å². The van der Waals surface area contributed by atoms with Crippen LogP contribution in [0.1, 0.15) is 12.5 Å². The zero-order chi connectivity index (χ0) is 9.42. The number of hydrogen-bond acceptors (Lipinski definition) is 1. The van der Waals surface area contributed by atoms with Crippen LogP contribution < -0.4 is 0 Å². The third-order valence-electron chi connectivity index (χ3n) is 2.37. The summed E-state index contributed by atoms with van der Waals surface area (Å²) in [7, 11) is 0. The number of benzene rings is 1. The van der Waals surface area contributed by atoms with E-state index >= 15 is 0 Å². The van der Waals surface area contributed by atoms with E-state index in [1.807, 2.05) is 37.3 Å². The summed E-state index contributed by atoms with van der Waals surface area (Å²) >= 11 is 5.43. The number of rotatable bonds is 2. The molecule has 0 saturated carbocycles. The molecule has 0 aromatic heterocycles. The monoisotopic (exact) mass is 192 g/mol. The summed E-state index contributed by atoms with van der Waals surface area (Å²) in [5, 5.41) is -0.267. The van der Waals surface area contributed by atoms with Crippen molar-refractivity contribution >= 4 is 22.4 Å². The van der Waals surface area contributed by atoms with Gasteiger partial charge in [0.2, 0.25) is 5.24 Å². The van der Waals surface area contributed by atoms with E-state index in [4.69, 9.17) is 11.6 Å². The van der Waals surface area contributed by atoms with Gasteiger partial charge in [-0.15, -0.1) is 0 Å². The van der Waals surface area contributed by atoms with Crippen molar-refractivity contribution in [1.82, 2.24) is 0 Å². The molecular weight excluding hydrogens is 184 g/mol. The van der Waals surface area contributed by atoms with E-state index in [9.17, 15) is 4.79 Å². The van der Waals surface area contributed by atoms with Gasteiger partial charge in [-0.1, -0.05) is 35.9 Å². The lowest BCUT2D eigenvalue weighted by molar-refractivity contribution is -0.112. The van der Waals surface area contributed by atoms with Gasteiger partial charge in [0, 0.05) is 0 Å². The van der Waals surface area contributed by atoms with Gasteiger partial charge in [-0.25, -0.2) is 0 Å². The predicted octanol–water partition coefficient (Wildman–Crippen LogP) is 2.86. The molecule has 1 aliphatic carbocycles. The van der Waals surface area contributed by atoms with Crippen LogP contribution in [0.3, 0.4) is 0 Å². The van der Waals surface area contributed by atoms with Crippen LogP contribution in [0.15, 0.2) is 35.9 Å². The fraction of sp³-hybridized carbons (Fsp3) is 0.182. The van der Waals surface area contributed by atoms with E-state index in [-0.39, 0.29) is 11.2 Å². The topological polar surface area (TPSA) is 17.1 Å². The van der Waals surface area contributed by atoms with Crippen molar-refractivity contribution in [2.45, 2.75) is 6.92 Å². The first-order valence-corrected chi connectivity index (χ1v) is 4.55. The maximum atomic E-state index is 10.9. The first-order chi connectivity index (χ1) is 6.22. The standard InChI is InChI=1S/C11H9ClO/c1-7-9(10(7)11(12)13)8-5-3-2-4-6-8/h2-6,10H,1H3/t10-/m0/s1. The molecule has 1 nitrogen and oxygen atoms in total. The molecule has 66 valence electrons. The van der Waals surface area contributed by atoms with Gasteiger partial charge in [-0.2, -0.15) is 0 Å². The molecule has 2 heteroatoms. The van der Waals surface area contributed by atoms with E-state index in [0.29, 0.717) is 0 Å². The molecule has 0 N–H and O–H groups in total. The van der Waals surface area contributed by atoms with Crippen molar-refractivity contribution in [1.29, 1.82) is 0 Å². The van der Waals surface area contributed by atoms with Gasteiger partial charge in [0.1, 0.15) is 0 Å². The predicted molar refractivity (Wildman–Crippen MR) is 53.4 cm³/mol. The fourth-order valence-electron chi connectivity index (χ4n) is 1.63. The number of halogens is 1.